The molecule has 0 bridgehead atoms. The molecule has 6 nitrogen and oxygen atoms in total. The lowest BCUT2D eigenvalue weighted by atomic mass is 9.98. The SMILES string of the molecule is O=C(NC(Cc1c[nH]c2ccc(-c3ccccc3)cc12)C(=O)O)OCC1c2ccccc2-c2ccccc21. The first kappa shape index (κ1) is 23.6. The highest BCUT2D eigenvalue weighted by Gasteiger charge is 2.30. The van der Waals surface area contributed by atoms with E-state index in [2.05, 4.69) is 22.4 Å². The Labute approximate surface area is 219 Å². The summed E-state index contributed by atoms with van der Waals surface area (Å²) in [5.74, 6) is -1.21. The molecular weight excluding hydrogens is 476 g/mol. The second-order valence-electron chi connectivity index (χ2n) is 9.51. The average molecular weight is 503 g/mol. The van der Waals surface area contributed by atoms with Gasteiger partial charge in [-0.05, 0) is 51.1 Å². The summed E-state index contributed by atoms with van der Waals surface area (Å²) in [6.45, 7) is 0.125. The molecule has 3 N–H and O–H groups in total. The summed E-state index contributed by atoms with van der Waals surface area (Å²) in [7, 11) is 0. The smallest absolute Gasteiger partial charge is 0.407 e. The molecule has 0 fully saturated rings. The zero-order chi connectivity index (χ0) is 26.1. The van der Waals surface area contributed by atoms with Crippen molar-refractivity contribution >= 4 is 23.0 Å². The first-order valence-electron chi connectivity index (χ1n) is 12.6. The largest absolute Gasteiger partial charge is 0.480 e. The number of hydrogen-bond donors (Lipinski definition) is 3. The Morgan fingerprint density at radius 1 is 0.842 bits per heavy atom. The minimum atomic E-state index is -1.13. The van der Waals surface area contributed by atoms with E-state index >= 15 is 0 Å². The van der Waals surface area contributed by atoms with Crippen LogP contribution in [-0.4, -0.2) is 34.8 Å². The number of ether oxygens (including phenoxy) is 1. The molecule has 0 saturated heterocycles. The number of hydrogen-bond acceptors (Lipinski definition) is 3. The van der Waals surface area contributed by atoms with E-state index < -0.39 is 18.1 Å². The number of rotatable bonds is 7. The van der Waals surface area contributed by atoms with Crippen LogP contribution in [0.5, 0.6) is 0 Å². The van der Waals surface area contributed by atoms with Crippen LogP contribution in [0.2, 0.25) is 0 Å². The van der Waals surface area contributed by atoms with Gasteiger partial charge in [-0.15, -0.1) is 0 Å². The third-order valence-corrected chi connectivity index (χ3v) is 7.23. The molecule has 1 aliphatic carbocycles. The molecule has 0 saturated carbocycles. The Hall–Kier alpha value is -4.84. The molecule has 4 aromatic carbocycles. The normalized spacial score (nSPS) is 13.1. The summed E-state index contributed by atoms with van der Waals surface area (Å²) in [5.41, 5.74) is 8.30. The van der Waals surface area contributed by atoms with Crippen LogP contribution in [0.4, 0.5) is 4.79 Å². The van der Waals surface area contributed by atoms with Crippen molar-refractivity contribution in [3.05, 3.63) is 120 Å². The van der Waals surface area contributed by atoms with Crippen LogP contribution >= 0.6 is 0 Å². The molecule has 1 atom stereocenters. The zero-order valence-corrected chi connectivity index (χ0v) is 20.6. The van der Waals surface area contributed by atoms with Crippen molar-refractivity contribution in [2.45, 2.75) is 18.4 Å². The minimum absolute atomic E-state index is 0.0959. The van der Waals surface area contributed by atoms with Gasteiger partial charge in [0.1, 0.15) is 12.6 Å². The number of aromatic nitrogens is 1. The summed E-state index contributed by atoms with van der Waals surface area (Å²) in [6, 6.07) is 31.1. The van der Waals surface area contributed by atoms with Crippen molar-refractivity contribution < 1.29 is 19.4 Å². The van der Waals surface area contributed by atoms with Crippen LogP contribution in [-0.2, 0) is 16.0 Å². The average Bonchev–Trinajstić information content (AvgIpc) is 3.50. The molecular formula is C32H26N2O4. The number of amides is 1. The van der Waals surface area contributed by atoms with Gasteiger partial charge in [-0.3, -0.25) is 0 Å². The third-order valence-electron chi connectivity index (χ3n) is 7.23. The molecule has 1 amide bonds. The highest BCUT2D eigenvalue weighted by Crippen LogP contribution is 2.44. The highest BCUT2D eigenvalue weighted by atomic mass is 16.5. The molecule has 188 valence electrons. The number of aromatic amines is 1. The van der Waals surface area contributed by atoms with Crippen molar-refractivity contribution in [2.75, 3.05) is 6.61 Å². The van der Waals surface area contributed by atoms with Gasteiger partial charge in [0.15, 0.2) is 0 Å². The molecule has 1 unspecified atom stereocenters. The van der Waals surface area contributed by atoms with Gasteiger partial charge in [0.2, 0.25) is 0 Å². The second-order valence-corrected chi connectivity index (χ2v) is 9.51. The third kappa shape index (κ3) is 4.41. The maximum Gasteiger partial charge on any atom is 0.407 e. The Kier molecular flexibility index (Phi) is 6.14. The van der Waals surface area contributed by atoms with Gasteiger partial charge >= 0.3 is 12.1 Å². The lowest BCUT2D eigenvalue weighted by Gasteiger charge is -2.17. The van der Waals surface area contributed by atoms with Gasteiger partial charge in [-0.25, -0.2) is 9.59 Å². The van der Waals surface area contributed by atoms with Crippen LogP contribution in [0.3, 0.4) is 0 Å². The number of H-pyrrole nitrogens is 1. The van der Waals surface area contributed by atoms with Crippen LogP contribution in [0.1, 0.15) is 22.6 Å². The maximum absolute atomic E-state index is 12.8. The summed E-state index contributed by atoms with van der Waals surface area (Å²) < 4.78 is 5.58. The topological polar surface area (TPSA) is 91.4 Å². The molecule has 38 heavy (non-hydrogen) atoms. The van der Waals surface area contributed by atoms with Gasteiger partial charge in [0.05, 0.1) is 0 Å². The van der Waals surface area contributed by atoms with Crippen molar-refractivity contribution in [1.29, 1.82) is 0 Å². The van der Waals surface area contributed by atoms with E-state index in [0.717, 1.165) is 49.8 Å². The van der Waals surface area contributed by atoms with E-state index in [0.29, 0.717) is 0 Å². The highest BCUT2D eigenvalue weighted by molar-refractivity contribution is 5.89. The van der Waals surface area contributed by atoms with Gasteiger partial charge in [0.25, 0.3) is 0 Å². The van der Waals surface area contributed by atoms with Crippen LogP contribution < -0.4 is 5.32 Å². The number of alkyl carbamates (subject to hydrolysis) is 1. The van der Waals surface area contributed by atoms with E-state index in [4.69, 9.17) is 4.74 Å². The maximum atomic E-state index is 12.8. The number of nitrogens with one attached hydrogen (secondary N) is 2. The van der Waals surface area contributed by atoms with Gasteiger partial charge < -0.3 is 20.1 Å². The second kappa shape index (κ2) is 9.90. The van der Waals surface area contributed by atoms with Gasteiger partial charge in [-0.1, -0.05) is 84.9 Å². The predicted octanol–water partition coefficient (Wildman–Crippen LogP) is 6.37. The Morgan fingerprint density at radius 2 is 1.50 bits per heavy atom. The summed E-state index contributed by atoms with van der Waals surface area (Å²) in [4.78, 5) is 28.1. The Morgan fingerprint density at radius 3 is 2.18 bits per heavy atom. The molecule has 1 aromatic heterocycles. The number of carboxylic acid groups (broad SMARTS) is 1. The lowest BCUT2D eigenvalue weighted by molar-refractivity contribution is -0.139. The number of fused-ring (bicyclic) bond motifs is 4. The number of carboxylic acids is 1. The molecule has 1 heterocycles. The fourth-order valence-corrected chi connectivity index (χ4v) is 5.36. The number of benzene rings is 4. The van der Waals surface area contributed by atoms with Crippen LogP contribution in [0.25, 0.3) is 33.2 Å². The zero-order valence-electron chi connectivity index (χ0n) is 20.6. The fourth-order valence-electron chi connectivity index (χ4n) is 5.36. The summed E-state index contributed by atoms with van der Waals surface area (Å²) >= 11 is 0. The Bertz CT molecular complexity index is 1590. The molecule has 5 aromatic rings. The van der Waals surface area contributed by atoms with E-state index in [-0.39, 0.29) is 18.9 Å². The summed E-state index contributed by atoms with van der Waals surface area (Å²) in [6.07, 6.45) is 1.18. The fraction of sp³-hybridized carbons (Fsp3) is 0.125. The van der Waals surface area contributed by atoms with E-state index in [1.807, 2.05) is 84.9 Å². The van der Waals surface area contributed by atoms with Crippen molar-refractivity contribution in [2.24, 2.45) is 0 Å². The summed E-state index contributed by atoms with van der Waals surface area (Å²) in [5, 5.41) is 13.4. The monoisotopic (exact) mass is 502 g/mol. The first-order valence-corrected chi connectivity index (χ1v) is 12.6. The lowest BCUT2D eigenvalue weighted by Crippen LogP contribution is -2.42. The molecule has 0 spiro atoms. The van der Waals surface area contributed by atoms with E-state index in [1.165, 1.54) is 0 Å². The molecule has 1 aliphatic rings. The number of carbonyl (C=O) groups excluding carboxylic acids is 1. The predicted molar refractivity (Wildman–Crippen MR) is 147 cm³/mol. The van der Waals surface area contributed by atoms with Gasteiger partial charge in [0, 0.05) is 29.4 Å². The molecule has 0 aliphatic heterocycles. The van der Waals surface area contributed by atoms with Crippen LogP contribution in [0, 0.1) is 0 Å². The van der Waals surface area contributed by atoms with Crippen molar-refractivity contribution in [3.63, 3.8) is 0 Å². The van der Waals surface area contributed by atoms with Crippen molar-refractivity contribution in [3.8, 4) is 22.3 Å². The molecule has 6 rings (SSSR count). The molecule has 6 heteroatoms. The standard InChI is InChI=1S/C32H26N2O4/c35-31(36)30(17-22-18-33-29-15-14-21(16-27(22)29)20-8-2-1-3-9-20)34-32(37)38-19-28-25-12-6-4-10-23(25)24-11-5-7-13-26(24)28/h1-16,18,28,30,33H,17,19H2,(H,34,37)(H,35,36). The van der Waals surface area contributed by atoms with Crippen LogP contribution in [0.15, 0.2) is 103 Å². The molecule has 0 radical (unpaired) electrons. The number of carbonyl (C=O) groups is 2. The Balaban J connectivity index is 1.17. The first-order chi connectivity index (χ1) is 18.6. The number of aliphatic carboxylic acids is 1. The van der Waals surface area contributed by atoms with Crippen molar-refractivity contribution in [1.82, 2.24) is 10.3 Å². The quantitative estimate of drug-likeness (QED) is 0.241. The van der Waals surface area contributed by atoms with E-state index in [9.17, 15) is 14.7 Å². The van der Waals surface area contributed by atoms with Gasteiger partial charge in [-0.2, -0.15) is 0 Å². The van der Waals surface area contributed by atoms with E-state index in [1.54, 1.807) is 6.20 Å². The minimum Gasteiger partial charge on any atom is -0.480 e.